The van der Waals surface area contributed by atoms with Crippen molar-refractivity contribution in [3.8, 4) is 11.5 Å². The number of nitrogens with zero attached hydrogens (tertiary/aromatic N) is 1. The fraction of sp³-hybridized carbons (Fsp3) is 0.118. The highest BCUT2D eigenvalue weighted by Gasteiger charge is 2.09. The van der Waals surface area contributed by atoms with Crippen LogP contribution in [0.5, 0.6) is 11.5 Å². The SMILES string of the molecule is COc1ccc(C(=O)C=Cc2cccc([N+](=O)[O-])c2)cc1OC. The van der Waals surface area contributed by atoms with E-state index in [0.717, 1.165) is 0 Å². The van der Waals surface area contributed by atoms with Crippen molar-refractivity contribution in [3.63, 3.8) is 0 Å². The zero-order valence-corrected chi connectivity index (χ0v) is 12.7. The summed E-state index contributed by atoms with van der Waals surface area (Å²) in [5.74, 6) is 0.756. The molecule has 0 saturated carbocycles. The van der Waals surface area contributed by atoms with Gasteiger partial charge in [-0.15, -0.1) is 0 Å². The van der Waals surface area contributed by atoms with Crippen LogP contribution in [-0.4, -0.2) is 24.9 Å². The second-order valence-corrected chi connectivity index (χ2v) is 4.62. The number of allylic oxidation sites excluding steroid dienone is 1. The van der Waals surface area contributed by atoms with Crippen LogP contribution in [0.15, 0.2) is 48.5 Å². The first-order chi connectivity index (χ1) is 11.0. The quantitative estimate of drug-likeness (QED) is 0.353. The third kappa shape index (κ3) is 3.94. The Morgan fingerprint density at radius 1 is 1.09 bits per heavy atom. The van der Waals surface area contributed by atoms with E-state index in [2.05, 4.69) is 0 Å². The van der Waals surface area contributed by atoms with Crippen molar-refractivity contribution in [1.29, 1.82) is 0 Å². The summed E-state index contributed by atoms with van der Waals surface area (Å²) >= 11 is 0. The molecule has 0 amide bonds. The maximum Gasteiger partial charge on any atom is 0.270 e. The van der Waals surface area contributed by atoms with Gasteiger partial charge in [-0.25, -0.2) is 0 Å². The van der Waals surface area contributed by atoms with Crippen LogP contribution in [0.25, 0.3) is 6.08 Å². The molecule has 0 N–H and O–H groups in total. The van der Waals surface area contributed by atoms with Crippen molar-refractivity contribution < 1.29 is 19.2 Å². The van der Waals surface area contributed by atoms with Gasteiger partial charge in [0.05, 0.1) is 19.1 Å². The summed E-state index contributed by atoms with van der Waals surface area (Å²) in [6, 6.07) is 10.9. The number of nitro groups is 1. The van der Waals surface area contributed by atoms with Crippen LogP contribution in [0, 0.1) is 10.1 Å². The van der Waals surface area contributed by atoms with Gasteiger partial charge in [0.1, 0.15) is 0 Å². The van der Waals surface area contributed by atoms with E-state index < -0.39 is 4.92 Å². The Labute approximate surface area is 133 Å². The van der Waals surface area contributed by atoms with Crippen LogP contribution in [-0.2, 0) is 0 Å². The van der Waals surface area contributed by atoms with Crippen molar-refractivity contribution in [2.45, 2.75) is 0 Å². The number of hydrogen-bond donors (Lipinski definition) is 0. The summed E-state index contributed by atoms with van der Waals surface area (Å²) < 4.78 is 10.3. The molecule has 0 aliphatic heterocycles. The number of carbonyl (C=O) groups excluding carboxylic acids is 1. The molecule has 2 aromatic carbocycles. The van der Waals surface area contributed by atoms with Gasteiger partial charge in [0, 0.05) is 17.7 Å². The van der Waals surface area contributed by atoms with Gasteiger partial charge in [0.25, 0.3) is 5.69 Å². The minimum atomic E-state index is -0.479. The van der Waals surface area contributed by atoms with Crippen molar-refractivity contribution in [1.82, 2.24) is 0 Å². The summed E-state index contributed by atoms with van der Waals surface area (Å²) in [7, 11) is 3.01. The number of rotatable bonds is 6. The number of non-ortho nitro benzene ring substituents is 1. The normalized spacial score (nSPS) is 10.5. The monoisotopic (exact) mass is 313 g/mol. The van der Waals surface area contributed by atoms with E-state index in [9.17, 15) is 14.9 Å². The van der Waals surface area contributed by atoms with Crippen LogP contribution in [0.2, 0.25) is 0 Å². The maximum absolute atomic E-state index is 12.2. The molecule has 2 aromatic rings. The predicted molar refractivity (Wildman–Crippen MR) is 86.0 cm³/mol. The molecule has 0 heterocycles. The molecule has 23 heavy (non-hydrogen) atoms. The molecule has 0 radical (unpaired) electrons. The average molecular weight is 313 g/mol. The molecule has 118 valence electrons. The molecular formula is C17H15NO5. The van der Waals surface area contributed by atoms with E-state index in [1.165, 1.54) is 38.5 Å². The third-order valence-electron chi connectivity index (χ3n) is 3.18. The molecule has 0 saturated heterocycles. The summed E-state index contributed by atoms with van der Waals surface area (Å²) in [5, 5.41) is 10.7. The minimum absolute atomic E-state index is 0.0225. The lowest BCUT2D eigenvalue weighted by Gasteiger charge is -2.07. The van der Waals surface area contributed by atoms with Crippen molar-refractivity contribution in [2.75, 3.05) is 14.2 Å². The molecule has 0 spiro atoms. The Bertz CT molecular complexity index is 767. The van der Waals surface area contributed by atoms with Crippen molar-refractivity contribution in [2.24, 2.45) is 0 Å². The van der Waals surface area contributed by atoms with E-state index in [4.69, 9.17) is 9.47 Å². The molecule has 0 unspecified atom stereocenters. The van der Waals surface area contributed by atoms with Crippen molar-refractivity contribution in [3.05, 3.63) is 69.8 Å². The first-order valence-electron chi connectivity index (χ1n) is 6.74. The summed E-state index contributed by atoms with van der Waals surface area (Å²) in [5.41, 5.74) is 0.989. The van der Waals surface area contributed by atoms with Crippen LogP contribution in [0.1, 0.15) is 15.9 Å². The van der Waals surface area contributed by atoms with Gasteiger partial charge < -0.3 is 9.47 Å². The average Bonchev–Trinajstić information content (AvgIpc) is 2.59. The second kappa shape index (κ2) is 7.22. The van der Waals surface area contributed by atoms with Gasteiger partial charge in [-0.1, -0.05) is 18.2 Å². The lowest BCUT2D eigenvalue weighted by Crippen LogP contribution is -1.97. The molecule has 0 aromatic heterocycles. The fourth-order valence-electron chi connectivity index (χ4n) is 2.00. The summed E-state index contributed by atoms with van der Waals surface area (Å²) in [6.07, 6.45) is 2.90. The Kier molecular flexibility index (Phi) is 5.09. The van der Waals surface area contributed by atoms with Gasteiger partial charge in [-0.05, 0) is 29.8 Å². The Hall–Kier alpha value is -3.15. The molecule has 0 aliphatic rings. The zero-order valence-electron chi connectivity index (χ0n) is 12.7. The standard InChI is InChI=1S/C17H15NO5/c1-22-16-9-7-13(11-17(16)23-2)15(19)8-6-12-4-3-5-14(10-12)18(20)21/h3-11H,1-2H3. The highest BCUT2D eigenvalue weighted by molar-refractivity contribution is 6.07. The Balaban J connectivity index is 2.21. The first-order valence-corrected chi connectivity index (χ1v) is 6.74. The van der Waals surface area contributed by atoms with Crippen molar-refractivity contribution >= 4 is 17.5 Å². The predicted octanol–water partition coefficient (Wildman–Crippen LogP) is 3.51. The second-order valence-electron chi connectivity index (χ2n) is 4.62. The van der Waals surface area contributed by atoms with E-state index in [0.29, 0.717) is 22.6 Å². The number of ether oxygens (including phenoxy) is 2. The number of ketones is 1. The van der Waals surface area contributed by atoms with Gasteiger partial charge in [0.2, 0.25) is 0 Å². The van der Waals surface area contributed by atoms with Crippen LogP contribution < -0.4 is 9.47 Å². The minimum Gasteiger partial charge on any atom is -0.493 e. The fourth-order valence-corrected chi connectivity index (χ4v) is 2.00. The van der Waals surface area contributed by atoms with Gasteiger partial charge in [0.15, 0.2) is 17.3 Å². The summed E-state index contributed by atoms with van der Waals surface area (Å²) in [4.78, 5) is 22.4. The zero-order chi connectivity index (χ0) is 16.8. The highest BCUT2D eigenvalue weighted by atomic mass is 16.6. The molecule has 6 nitrogen and oxygen atoms in total. The number of benzene rings is 2. The highest BCUT2D eigenvalue weighted by Crippen LogP contribution is 2.27. The molecule has 0 bridgehead atoms. The summed E-state index contributed by atoms with van der Waals surface area (Å²) in [6.45, 7) is 0. The number of methoxy groups -OCH3 is 2. The Morgan fingerprint density at radius 2 is 1.83 bits per heavy atom. The number of hydrogen-bond acceptors (Lipinski definition) is 5. The molecule has 2 rings (SSSR count). The van der Waals surface area contributed by atoms with Crippen LogP contribution >= 0.6 is 0 Å². The largest absolute Gasteiger partial charge is 0.493 e. The molecule has 0 atom stereocenters. The third-order valence-corrected chi connectivity index (χ3v) is 3.18. The Morgan fingerprint density at radius 3 is 2.48 bits per heavy atom. The smallest absolute Gasteiger partial charge is 0.270 e. The number of nitro benzene ring substituents is 1. The lowest BCUT2D eigenvalue weighted by atomic mass is 10.1. The van der Waals surface area contributed by atoms with Crippen LogP contribution in [0.4, 0.5) is 5.69 Å². The van der Waals surface area contributed by atoms with E-state index in [1.807, 2.05) is 0 Å². The molecule has 0 fully saturated rings. The molecule has 6 heteroatoms. The molecule has 0 aliphatic carbocycles. The van der Waals surface area contributed by atoms with Gasteiger partial charge in [-0.3, -0.25) is 14.9 Å². The maximum atomic E-state index is 12.2. The van der Waals surface area contributed by atoms with Crippen LogP contribution in [0.3, 0.4) is 0 Å². The van der Waals surface area contributed by atoms with Gasteiger partial charge in [-0.2, -0.15) is 0 Å². The number of carbonyl (C=O) groups is 1. The van der Waals surface area contributed by atoms with Gasteiger partial charge >= 0.3 is 0 Å². The topological polar surface area (TPSA) is 78.7 Å². The van der Waals surface area contributed by atoms with E-state index in [-0.39, 0.29) is 11.5 Å². The van der Waals surface area contributed by atoms with E-state index >= 15 is 0 Å². The van der Waals surface area contributed by atoms with E-state index in [1.54, 1.807) is 30.3 Å². The lowest BCUT2D eigenvalue weighted by molar-refractivity contribution is -0.384. The molecular weight excluding hydrogens is 298 g/mol. The first kappa shape index (κ1) is 16.2.